The van der Waals surface area contributed by atoms with Gasteiger partial charge in [0.1, 0.15) is 17.7 Å². The standard InChI is InChI=1S/C12H8ClFN2O3S/c13-9-3-7(1-2-10(9)14)20(19)5-11-8(12(17)18)4-15-6-16-11/h1-4,6H,5H2,(H,17,18). The molecule has 0 aliphatic rings. The molecule has 0 spiro atoms. The van der Waals surface area contributed by atoms with Crippen LogP contribution in [-0.4, -0.2) is 25.3 Å². The van der Waals surface area contributed by atoms with Gasteiger partial charge in [-0.1, -0.05) is 11.6 Å². The van der Waals surface area contributed by atoms with Crippen molar-refractivity contribution in [3.8, 4) is 0 Å². The van der Waals surface area contributed by atoms with Crippen LogP contribution in [0, 0.1) is 5.82 Å². The van der Waals surface area contributed by atoms with Crippen LogP contribution in [0.5, 0.6) is 0 Å². The van der Waals surface area contributed by atoms with Crippen LogP contribution in [0.2, 0.25) is 5.02 Å². The fourth-order valence-corrected chi connectivity index (χ4v) is 2.83. The molecule has 0 amide bonds. The molecule has 1 atom stereocenters. The van der Waals surface area contributed by atoms with Gasteiger partial charge in [0.25, 0.3) is 0 Å². The first kappa shape index (κ1) is 14.5. The molecule has 0 saturated heterocycles. The second-order valence-electron chi connectivity index (χ2n) is 3.75. The van der Waals surface area contributed by atoms with Crippen LogP contribution in [0.15, 0.2) is 35.6 Å². The molecular weight excluding hydrogens is 307 g/mol. The Kier molecular flexibility index (Phi) is 4.41. The summed E-state index contributed by atoms with van der Waals surface area (Å²) in [6.07, 6.45) is 2.32. The number of halogens is 2. The Morgan fingerprint density at radius 2 is 2.20 bits per heavy atom. The molecule has 0 aliphatic heterocycles. The number of carbonyl (C=O) groups is 1. The molecule has 1 unspecified atom stereocenters. The molecule has 0 aliphatic carbocycles. The Morgan fingerprint density at radius 3 is 2.85 bits per heavy atom. The van der Waals surface area contributed by atoms with Crippen molar-refractivity contribution in [3.63, 3.8) is 0 Å². The largest absolute Gasteiger partial charge is 0.478 e. The van der Waals surface area contributed by atoms with Gasteiger partial charge in [0.05, 0.1) is 27.3 Å². The Labute approximate surface area is 120 Å². The number of aromatic carboxylic acids is 1. The molecule has 104 valence electrons. The van der Waals surface area contributed by atoms with Crippen LogP contribution in [0.1, 0.15) is 16.1 Å². The highest BCUT2D eigenvalue weighted by atomic mass is 35.5. The van der Waals surface area contributed by atoms with Gasteiger partial charge >= 0.3 is 5.97 Å². The van der Waals surface area contributed by atoms with E-state index in [4.69, 9.17) is 16.7 Å². The normalized spacial score (nSPS) is 12.1. The molecule has 2 aromatic rings. The fraction of sp³-hybridized carbons (Fsp3) is 0.0833. The third kappa shape index (κ3) is 3.17. The molecule has 5 nitrogen and oxygen atoms in total. The highest BCUT2D eigenvalue weighted by molar-refractivity contribution is 7.84. The van der Waals surface area contributed by atoms with Gasteiger partial charge < -0.3 is 5.11 Å². The van der Waals surface area contributed by atoms with E-state index in [9.17, 15) is 13.4 Å². The van der Waals surface area contributed by atoms with Crippen molar-refractivity contribution in [2.75, 3.05) is 0 Å². The number of hydrogen-bond donors (Lipinski definition) is 1. The van der Waals surface area contributed by atoms with Gasteiger partial charge in [-0.05, 0) is 18.2 Å². The van der Waals surface area contributed by atoms with Crippen molar-refractivity contribution in [2.24, 2.45) is 0 Å². The first-order valence-corrected chi connectivity index (χ1v) is 7.04. The van der Waals surface area contributed by atoms with Gasteiger partial charge in [-0.3, -0.25) is 4.21 Å². The summed E-state index contributed by atoms with van der Waals surface area (Å²) in [6, 6.07) is 3.68. The van der Waals surface area contributed by atoms with Crippen LogP contribution in [0.3, 0.4) is 0 Å². The molecule has 1 heterocycles. The molecule has 1 aromatic carbocycles. The molecule has 1 aromatic heterocycles. The highest BCUT2D eigenvalue weighted by Crippen LogP contribution is 2.20. The summed E-state index contributed by atoms with van der Waals surface area (Å²) in [4.78, 5) is 18.7. The summed E-state index contributed by atoms with van der Waals surface area (Å²) < 4.78 is 25.2. The number of carboxylic acids is 1. The predicted molar refractivity (Wildman–Crippen MR) is 70.5 cm³/mol. The number of rotatable bonds is 4. The van der Waals surface area contributed by atoms with Gasteiger partial charge in [0.15, 0.2) is 0 Å². The van der Waals surface area contributed by atoms with Crippen molar-refractivity contribution >= 4 is 28.4 Å². The minimum absolute atomic E-state index is 0.117. The lowest BCUT2D eigenvalue weighted by Crippen LogP contribution is -2.08. The summed E-state index contributed by atoms with van der Waals surface area (Å²) in [6.45, 7) is 0. The van der Waals surface area contributed by atoms with E-state index in [1.165, 1.54) is 18.5 Å². The van der Waals surface area contributed by atoms with Crippen molar-refractivity contribution < 1.29 is 18.5 Å². The van der Waals surface area contributed by atoms with Crippen LogP contribution in [0.4, 0.5) is 4.39 Å². The zero-order valence-corrected chi connectivity index (χ0v) is 11.5. The van der Waals surface area contributed by atoms with Gasteiger partial charge in [-0.25, -0.2) is 19.2 Å². The van der Waals surface area contributed by atoms with Crippen molar-refractivity contribution in [2.45, 2.75) is 10.6 Å². The Morgan fingerprint density at radius 1 is 1.45 bits per heavy atom. The van der Waals surface area contributed by atoms with E-state index in [0.717, 1.165) is 12.3 Å². The maximum Gasteiger partial charge on any atom is 0.339 e. The maximum atomic E-state index is 13.0. The molecule has 1 N–H and O–H groups in total. The minimum Gasteiger partial charge on any atom is -0.478 e. The first-order valence-electron chi connectivity index (χ1n) is 5.34. The van der Waals surface area contributed by atoms with Crippen LogP contribution in [-0.2, 0) is 16.6 Å². The van der Waals surface area contributed by atoms with Crippen LogP contribution in [0.25, 0.3) is 0 Å². The Balaban J connectivity index is 2.28. The lowest BCUT2D eigenvalue weighted by atomic mass is 10.2. The second-order valence-corrected chi connectivity index (χ2v) is 5.61. The number of aromatic nitrogens is 2. The smallest absolute Gasteiger partial charge is 0.339 e. The zero-order valence-electron chi connectivity index (χ0n) is 9.92. The molecule has 0 saturated carbocycles. The van der Waals surface area contributed by atoms with Gasteiger partial charge in [0, 0.05) is 11.1 Å². The highest BCUT2D eigenvalue weighted by Gasteiger charge is 2.15. The molecule has 8 heteroatoms. The molecular formula is C12H8ClFN2O3S. The fourth-order valence-electron chi connectivity index (χ4n) is 1.47. The number of hydrogen-bond acceptors (Lipinski definition) is 4. The maximum absolute atomic E-state index is 13.0. The van der Waals surface area contributed by atoms with Gasteiger partial charge in [-0.2, -0.15) is 0 Å². The number of benzene rings is 1. The molecule has 20 heavy (non-hydrogen) atoms. The second kappa shape index (κ2) is 6.06. The molecule has 0 bridgehead atoms. The summed E-state index contributed by atoms with van der Waals surface area (Å²) in [5.41, 5.74) is 0.0281. The average molecular weight is 315 g/mol. The van der Waals surface area contributed by atoms with E-state index in [-0.39, 0.29) is 22.0 Å². The van der Waals surface area contributed by atoms with E-state index in [1.54, 1.807) is 0 Å². The Bertz CT molecular complexity index is 696. The van der Waals surface area contributed by atoms with Gasteiger partial charge in [-0.15, -0.1) is 0 Å². The molecule has 0 fully saturated rings. The zero-order chi connectivity index (χ0) is 14.7. The van der Waals surface area contributed by atoms with Crippen molar-refractivity contribution in [1.82, 2.24) is 9.97 Å². The lowest BCUT2D eigenvalue weighted by molar-refractivity contribution is 0.0695. The number of carboxylic acid groups (broad SMARTS) is 1. The van der Waals surface area contributed by atoms with Crippen molar-refractivity contribution in [1.29, 1.82) is 0 Å². The van der Waals surface area contributed by atoms with E-state index < -0.39 is 22.6 Å². The summed E-state index contributed by atoms with van der Waals surface area (Å²) >= 11 is 5.61. The average Bonchev–Trinajstić information content (AvgIpc) is 2.42. The quantitative estimate of drug-likeness (QED) is 0.936. The summed E-state index contributed by atoms with van der Waals surface area (Å²) in [7, 11) is -1.58. The van der Waals surface area contributed by atoms with Crippen LogP contribution < -0.4 is 0 Å². The minimum atomic E-state index is -1.58. The first-order chi connectivity index (χ1) is 9.49. The SMILES string of the molecule is O=C(O)c1cncnc1CS(=O)c1ccc(F)c(Cl)c1. The van der Waals surface area contributed by atoms with Crippen LogP contribution >= 0.6 is 11.6 Å². The van der Waals surface area contributed by atoms with Crippen molar-refractivity contribution in [3.05, 3.63) is 52.8 Å². The number of nitrogens with zero attached hydrogens (tertiary/aromatic N) is 2. The lowest BCUT2D eigenvalue weighted by Gasteiger charge is -2.05. The van der Waals surface area contributed by atoms with Gasteiger partial charge in [0.2, 0.25) is 0 Å². The van der Waals surface area contributed by atoms with E-state index in [1.807, 2.05) is 0 Å². The third-order valence-electron chi connectivity index (χ3n) is 2.45. The van der Waals surface area contributed by atoms with E-state index in [2.05, 4.69) is 9.97 Å². The molecule has 0 radical (unpaired) electrons. The third-order valence-corrected chi connectivity index (χ3v) is 4.05. The summed E-state index contributed by atoms with van der Waals surface area (Å²) in [5, 5.41) is 8.84. The predicted octanol–water partition coefficient (Wildman–Crippen LogP) is 2.28. The molecule has 2 rings (SSSR count). The topological polar surface area (TPSA) is 80.2 Å². The monoisotopic (exact) mass is 314 g/mol. The van der Waals surface area contributed by atoms with E-state index in [0.29, 0.717) is 4.90 Å². The Hall–Kier alpha value is -1.86. The summed E-state index contributed by atoms with van der Waals surface area (Å²) in [5.74, 6) is -1.93. The van der Waals surface area contributed by atoms with E-state index >= 15 is 0 Å².